The van der Waals surface area contributed by atoms with Crippen molar-refractivity contribution in [2.75, 3.05) is 13.7 Å². The third-order valence-corrected chi connectivity index (χ3v) is 3.69. The number of amides is 1. The number of aromatic nitrogens is 1. The summed E-state index contributed by atoms with van der Waals surface area (Å²) < 4.78 is 23.4. The van der Waals surface area contributed by atoms with Crippen molar-refractivity contribution in [2.24, 2.45) is 0 Å². The molecule has 0 unspecified atom stereocenters. The Morgan fingerprint density at radius 1 is 1.20 bits per heavy atom. The molecule has 0 bridgehead atoms. The third-order valence-electron chi connectivity index (χ3n) is 3.69. The van der Waals surface area contributed by atoms with E-state index in [1.165, 1.54) is 24.3 Å². The molecule has 0 atom stereocenters. The SMILES string of the molecule is COc1cccc(-c2cc(CCNC(=O)c3ccc(F)cc3)no2)c1. The van der Waals surface area contributed by atoms with Gasteiger partial charge in [-0.05, 0) is 36.4 Å². The first-order chi connectivity index (χ1) is 12.2. The van der Waals surface area contributed by atoms with Crippen LogP contribution in [0.3, 0.4) is 0 Å². The Kier molecular flexibility index (Phi) is 5.09. The zero-order chi connectivity index (χ0) is 17.6. The van der Waals surface area contributed by atoms with E-state index in [9.17, 15) is 9.18 Å². The first-order valence-corrected chi connectivity index (χ1v) is 7.79. The quantitative estimate of drug-likeness (QED) is 0.746. The fourth-order valence-electron chi connectivity index (χ4n) is 2.35. The predicted molar refractivity (Wildman–Crippen MR) is 90.9 cm³/mol. The standard InChI is InChI=1S/C19H17FN2O3/c1-24-17-4-2-3-14(11-17)18-12-16(22-25-18)9-10-21-19(23)13-5-7-15(20)8-6-13/h2-8,11-12H,9-10H2,1H3,(H,21,23). The fourth-order valence-corrected chi connectivity index (χ4v) is 2.35. The summed E-state index contributed by atoms with van der Waals surface area (Å²) in [6.45, 7) is 0.403. The molecule has 128 valence electrons. The fraction of sp³-hybridized carbons (Fsp3) is 0.158. The van der Waals surface area contributed by atoms with Crippen molar-refractivity contribution in [3.8, 4) is 17.1 Å². The minimum atomic E-state index is -0.371. The van der Waals surface area contributed by atoms with E-state index in [-0.39, 0.29) is 11.7 Å². The van der Waals surface area contributed by atoms with Crippen LogP contribution in [0.4, 0.5) is 4.39 Å². The number of carbonyl (C=O) groups excluding carboxylic acids is 1. The molecule has 3 rings (SSSR count). The minimum absolute atomic E-state index is 0.253. The van der Waals surface area contributed by atoms with Crippen LogP contribution < -0.4 is 10.1 Å². The van der Waals surface area contributed by atoms with E-state index in [0.29, 0.717) is 24.3 Å². The summed E-state index contributed by atoms with van der Waals surface area (Å²) in [5.41, 5.74) is 2.02. The highest BCUT2D eigenvalue weighted by Crippen LogP contribution is 2.24. The number of nitrogens with zero attached hydrogens (tertiary/aromatic N) is 1. The Morgan fingerprint density at radius 2 is 2.00 bits per heavy atom. The summed E-state index contributed by atoms with van der Waals surface area (Å²) in [6.07, 6.45) is 0.528. The minimum Gasteiger partial charge on any atom is -0.497 e. The van der Waals surface area contributed by atoms with Crippen LogP contribution in [0.2, 0.25) is 0 Å². The van der Waals surface area contributed by atoms with Crippen LogP contribution in [-0.4, -0.2) is 24.7 Å². The molecule has 5 nitrogen and oxygen atoms in total. The lowest BCUT2D eigenvalue weighted by molar-refractivity contribution is 0.0954. The lowest BCUT2D eigenvalue weighted by Gasteiger charge is -2.03. The molecule has 0 spiro atoms. The molecule has 0 aliphatic rings. The molecular formula is C19H17FN2O3. The van der Waals surface area contributed by atoms with Crippen molar-refractivity contribution in [1.29, 1.82) is 0 Å². The summed E-state index contributed by atoms with van der Waals surface area (Å²) in [6, 6.07) is 14.7. The molecule has 1 N–H and O–H groups in total. The highest BCUT2D eigenvalue weighted by Gasteiger charge is 2.09. The summed E-state index contributed by atoms with van der Waals surface area (Å²) in [4.78, 5) is 12.0. The van der Waals surface area contributed by atoms with Crippen molar-refractivity contribution in [2.45, 2.75) is 6.42 Å². The van der Waals surface area contributed by atoms with Crippen LogP contribution in [-0.2, 0) is 6.42 Å². The number of nitrogens with one attached hydrogen (secondary N) is 1. The third kappa shape index (κ3) is 4.23. The maximum atomic E-state index is 12.9. The number of hydrogen-bond donors (Lipinski definition) is 1. The van der Waals surface area contributed by atoms with Crippen LogP contribution in [0.15, 0.2) is 59.1 Å². The van der Waals surface area contributed by atoms with Gasteiger partial charge < -0.3 is 14.6 Å². The summed E-state index contributed by atoms with van der Waals surface area (Å²) >= 11 is 0. The molecule has 25 heavy (non-hydrogen) atoms. The van der Waals surface area contributed by atoms with E-state index in [1.54, 1.807) is 7.11 Å². The molecule has 6 heteroatoms. The van der Waals surface area contributed by atoms with Gasteiger partial charge in [0.1, 0.15) is 11.6 Å². The molecule has 0 radical (unpaired) electrons. The summed E-state index contributed by atoms with van der Waals surface area (Å²) in [7, 11) is 1.61. The topological polar surface area (TPSA) is 64.4 Å². The van der Waals surface area contributed by atoms with Crippen molar-refractivity contribution in [1.82, 2.24) is 10.5 Å². The van der Waals surface area contributed by atoms with E-state index < -0.39 is 0 Å². The van der Waals surface area contributed by atoms with Crippen LogP contribution in [0.5, 0.6) is 5.75 Å². The Labute approximate surface area is 144 Å². The average molecular weight is 340 g/mol. The van der Waals surface area contributed by atoms with E-state index >= 15 is 0 Å². The van der Waals surface area contributed by atoms with E-state index in [4.69, 9.17) is 9.26 Å². The van der Waals surface area contributed by atoms with Gasteiger partial charge in [-0.25, -0.2) is 4.39 Å². The number of halogens is 1. The Morgan fingerprint density at radius 3 is 2.76 bits per heavy atom. The van der Waals surface area contributed by atoms with Crippen molar-refractivity contribution < 1.29 is 18.4 Å². The number of carbonyl (C=O) groups is 1. The van der Waals surface area contributed by atoms with Gasteiger partial charge in [0.05, 0.1) is 12.8 Å². The van der Waals surface area contributed by atoms with Gasteiger partial charge in [0.2, 0.25) is 0 Å². The number of hydrogen-bond acceptors (Lipinski definition) is 4. The maximum absolute atomic E-state index is 12.9. The summed E-state index contributed by atoms with van der Waals surface area (Å²) in [5.74, 6) is 0.751. The molecular weight excluding hydrogens is 323 g/mol. The van der Waals surface area contributed by atoms with Crippen LogP contribution >= 0.6 is 0 Å². The number of methoxy groups -OCH3 is 1. The molecule has 1 aromatic heterocycles. The van der Waals surface area contributed by atoms with Crippen molar-refractivity contribution in [3.63, 3.8) is 0 Å². The molecule has 0 aliphatic carbocycles. The molecule has 0 saturated heterocycles. The molecule has 0 aliphatic heterocycles. The second kappa shape index (κ2) is 7.61. The van der Waals surface area contributed by atoms with E-state index in [1.807, 2.05) is 30.3 Å². The van der Waals surface area contributed by atoms with E-state index in [0.717, 1.165) is 17.0 Å². The van der Waals surface area contributed by atoms with Gasteiger partial charge in [0.25, 0.3) is 5.91 Å². The van der Waals surface area contributed by atoms with Crippen molar-refractivity contribution in [3.05, 3.63) is 71.7 Å². The van der Waals surface area contributed by atoms with Gasteiger partial charge in [-0.1, -0.05) is 17.3 Å². The highest BCUT2D eigenvalue weighted by molar-refractivity contribution is 5.94. The zero-order valence-electron chi connectivity index (χ0n) is 13.7. The largest absolute Gasteiger partial charge is 0.497 e. The number of rotatable bonds is 6. The molecule has 2 aromatic carbocycles. The van der Waals surface area contributed by atoms with Crippen LogP contribution in [0.25, 0.3) is 11.3 Å². The van der Waals surface area contributed by atoms with Gasteiger partial charge in [-0.2, -0.15) is 0 Å². The second-order valence-corrected chi connectivity index (χ2v) is 5.43. The summed E-state index contributed by atoms with van der Waals surface area (Å²) in [5, 5.41) is 6.78. The molecule has 0 fully saturated rings. The zero-order valence-corrected chi connectivity index (χ0v) is 13.7. The lowest BCUT2D eigenvalue weighted by atomic mass is 10.1. The highest BCUT2D eigenvalue weighted by atomic mass is 19.1. The smallest absolute Gasteiger partial charge is 0.251 e. The average Bonchev–Trinajstić information content (AvgIpc) is 3.11. The predicted octanol–water partition coefficient (Wildman–Crippen LogP) is 3.46. The molecule has 1 amide bonds. The Hall–Kier alpha value is -3.15. The van der Waals surface area contributed by atoms with E-state index in [2.05, 4.69) is 10.5 Å². The van der Waals surface area contributed by atoms with Crippen LogP contribution in [0.1, 0.15) is 16.1 Å². The van der Waals surface area contributed by atoms with Gasteiger partial charge in [-0.15, -0.1) is 0 Å². The number of ether oxygens (including phenoxy) is 1. The van der Waals surface area contributed by atoms with Gasteiger partial charge in [-0.3, -0.25) is 4.79 Å². The normalized spacial score (nSPS) is 10.5. The lowest BCUT2D eigenvalue weighted by Crippen LogP contribution is -2.25. The van der Waals surface area contributed by atoms with Gasteiger partial charge in [0.15, 0.2) is 5.76 Å². The Balaban J connectivity index is 1.56. The maximum Gasteiger partial charge on any atom is 0.251 e. The van der Waals surface area contributed by atoms with Crippen LogP contribution in [0, 0.1) is 5.82 Å². The van der Waals surface area contributed by atoms with Gasteiger partial charge in [0, 0.05) is 30.2 Å². The molecule has 0 saturated carbocycles. The molecule has 3 aromatic rings. The number of benzene rings is 2. The first kappa shape index (κ1) is 16.7. The first-order valence-electron chi connectivity index (χ1n) is 7.79. The monoisotopic (exact) mass is 340 g/mol. The van der Waals surface area contributed by atoms with Crippen molar-refractivity contribution >= 4 is 5.91 Å². The van der Waals surface area contributed by atoms with Gasteiger partial charge >= 0.3 is 0 Å². The molecule has 1 heterocycles. The second-order valence-electron chi connectivity index (χ2n) is 5.43. The Bertz CT molecular complexity index is 859.